The van der Waals surface area contributed by atoms with Crippen LogP contribution in [0.2, 0.25) is 0 Å². The van der Waals surface area contributed by atoms with Crippen LogP contribution in [-0.2, 0) is 6.61 Å². The van der Waals surface area contributed by atoms with Gasteiger partial charge in [-0.15, -0.1) is 0 Å². The lowest BCUT2D eigenvalue weighted by molar-refractivity contribution is 0.303. The molecule has 0 bridgehead atoms. The first-order valence-corrected chi connectivity index (χ1v) is 6.77. The van der Waals surface area contributed by atoms with Crippen molar-refractivity contribution in [2.24, 2.45) is 5.73 Å². The zero-order chi connectivity index (χ0) is 13.2. The maximum Gasteiger partial charge on any atom is 0.123 e. The van der Waals surface area contributed by atoms with Crippen LogP contribution in [0.15, 0.2) is 48.5 Å². The summed E-state index contributed by atoms with van der Waals surface area (Å²) < 4.78 is 5.97. The topological polar surface area (TPSA) is 35.2 Å². The van der Waals surface area contributed by atoms with Gasteiger partial charge < -0.3 is 10.5 Å². The molecule has 2 aromatic rings. The average Bonchev–Trinajstić information content (AvgIpc) is 3.15. The predicted molar refractivity (Wildman–Crippen MR) is 77.3 cm³/mol. The molecule has 2 atom stereocenters. The Kier molecular flexibility index (Phi) is 3.26. The number of aryl methyl sites for hydroxylation is 1. The minimum Gasteiger partial charge on any atom is -0.489 e. The SMILES string of the molecule is Cc1ccc(OCc2ccccc2)c([C@@H]2C[C@H]2N)c1. The van der Waals surface area contributed by atoms with Crippen LogP contribution >= 0.6 is 0 Å². The molecule has 1 aliphatic carbocycles. The van der Waals surface area contributed by atoms with Gasteiger partial charge in [0.1, 0.15) is 12.4 Å². The summed E-state index contributed by atoms with van der Waals surface area (Å²) in [5.41, 5.74) is 9.69. The molecule has 1 saturated carbocycles. The molecule has 2 aromatic carbocycles. The number of nitrogens with two attached hydrogens (primary N) is 1. The summed E-state index contributed by atoms with van der Waals surface area (Å²) in [5, 5.41) is 0. The van der Waals surface area contributed by atoms with Gasteiger partial charge in [0.05, 0.1) is 0 Å². The molecule has 0 spiro atoms. The summed E-state index contributed by atoms with van der Waals surface area (Å²) >= 11 is 0. The number of hydrogen-bond donors (Lipinski definition) is 1. The molecule has 1 aliphatic rings. The van der Waals surface area contributed by atoms with Gasteiger partial charge in [-0.25, -0.2) is 0 Å². The molecule has 0 heterocycles. The van der Waals surface area contributed by atoms with E-state index in [1.807, 2.05) is 18.2 Å². The van der Waals surface area contributed by atoms with Crippen LogP contribution in [0.4, 0.5) is 0 Å². The Bertz CT molecular complexity index is 565. The summed E-state index contributed by atoms with van der Waals surface area (Å²) in [5.74, 6) is 1.46. The van der Waals surface area contributed by atoms with Gasteiger partial charge in [0.2, 0.25) is 0 Å². The molecule has 2 nitrogen and oxygen atoms in total. The van der Waals surface area contributed by atoms with Crippen molar-refractivity contribution in [1.82, 2.24) is 0 Å². The number of rotatable bonds is 4. The number of ether oxygens (including phenoxy) is 1. The molecule has 0 unspecified atom stereocenters. The zero-order valence-corrected chi connectivity index (χ0v) is 11.2. The van der Waals surface area contributed by atoms with E-state index in [2.05, 4.69) is 37.3 Å². The van der Waals surface area contributed by atoms with Crippen molar-refractivity contribution in [2.75, 3.05) is 0 Å². The lowest BCUT2D eigenvalue weighted by Crippen LogP contribution is -2.04. The van der Waals surface area contributed by atoms with Crippen molar-refractivity contribution in [3.63, 3.8) is 0 Å². The van der Waals surface area contributed by atoms with Gasteiger partial charge in [-0.2, -0.15) is 0 Å². The average molecular weight is 253 g/mol. The van der Waals surface area contributed by atoms with Gasteiger partial charge in [0, 0.05) is 12.0 Å². The number of hydrogen-bond acceptors (Lipinski definition) is 2. The molecular weight excluding hydrogens is 234 g/mol. The summed E-state index contributed by atoms with van der Waals surface area (Å²) in [6.07, 6.45) is 1.07. The molecule has 0 amide bonds. The summed E-state index contributed by atoms with van der Waals surface area (Å²) in [4.78, 5) is 0. The molecule has 0 aromatic heterocycles. The van der Waals surface area contributed by atoms with Gasteiger partial charge in [0.25, 0.3) is 0 Å². The van der Waals surface area contributed by atoms with E-state index in [0.717, 1.165) is 12.2 Å². The van der Waals surface area contributed by atoms with Crippen molar-refractivity contribution < 1.29 is 4.74 Å². The summed E-state index contributed by atoms with van der Waals surface area (Å²) in [7, 11) is 0. The summed E-state index contributed by atoms with van der Waals surface area (Å²) in [6, 6.07) is 16.9. The van der Waals surface area contributed by atoms with E-state index in [-0.39, 0.29) is 0 Å². The minimum absolute atomic E-state index is 0.306. The maximum atomic E-state index is 5.97. The highest BCUT2D eigenvalue weighted by Crippen LogP contribution is 2.43. The fraction of sp³-hybridized carbons (Fsp3) is 0.294. The highest BCUT2D eigenvalue weighted by atomic mass is 16.5. The Morgan fingerprint density at radius 2 is 1.89 bits per heavy atom. The fourth-order valence-electron chi connectivity index (χ4n) is 2.40. The lowest BCUT2D eigenvalue weighted by atomic mass is 10.1. The Morgan fingerprint density at radius 3 is 2.58 bits per heavy atom. The predicted octanol–water partition coefficient (Wildman–Crippen LogP) is 3.39. The second-order valence-electron chi connectivity index (χ2n) is 5.32. The highest BCUT2D eigenvalue weighted by Gasteiger charge is 2.36. The molecule has 19 heavy (non-hydrogen) atoms. The van der Waals surface area contributed by atoms with E-state index in [1.165, 1.54) is 16.7 Å². The molecule has 3 rings (SSSR count). The van der Waals surface area contributed by atoms with E-state index >= 15 is 0 Å². The molecule has 0 radical (unpaired) electrons. The third-order valence-corrected chi connectivity index (χ3v) is 3.64. The van der Waals surface area contributed by atoms with E-state index in [0.29, 0.717) is 18.6 Å². The first-order chi connectivity index (χ1) is 9.24. The highest BCUT2D eigenvalue weighted by molar-refractivity contribution is 5.43. The maximum absolute atomic E-state index is 5.97. The van der Waals surface area contributed by atoms with Crippen LogP contribution in [-0.4, -0.2) is 6.04 Å². The van der Waals surface area contributed by atoms with E-state index < -0.39 is 0 Å². The number of benzene rings is 2. The van der Waals surface area contributed by atoms with Crippen molar-refractivity contribution in [2.45, 2.75) is 31.9 Å². The van der Waals surface area contributed by atoms with Crippen molar-refractivity contribution in [1.29, 1.82) is 0 Å². The van der Waals surface area contributed by atoms with Gasteiger partial charge >= 0.3 is 0 Å². The molecular formula is C17H19NO. The molecule has 0 saturated heterocycles. The van der Waals surface area contributed by atoms with Gasteiger partial charge in [0.15, 0.2) is 0 Å². The van der Waals surface area contributed by atoms with Crippen molar-refractivity contribution in [3.05, 3.63) is 65.2 Å². The Morgan fingerprint density at radius 1 is 1.16 bits per heavy atom. The first-order valence-electron chi connectivity index (χ1n) is 6.77. The second-order valence-corrected chi connectivity index (χ2v) is 5.32. The quantitative estimate of drug-likeness (QED) is 0.906. The fourth-order valence-corrected chi connectivity index (χ4v) is 2.40. The summed E-state index contributed by atoms with van der Waals surface area (Å²) in [6.45, 7) is 2.72. The van der Waals surface area contributed by atoms with Crippen molar-refractivity contribution in [3.8, 4) is 5.75 Å². The van der Waals surface area contributed by atoms with Crippen LogP contribution in [0.25, 0.3) is 0 Å². The van der Waals surface area contributed by atoms with Gasteiger partial charge in [-0.3, -0.25) is 0 Å². The lowest BCUT2D eigenvalue weighted by Gasteiger charge is -2.12. The van der Waals surface area contributed by atoms with E-state index in [4.69, 9.17) is 10.5 Å². The Hall–Kier alpha value is -1.80. The molecule has 98 valence electrons. The normalized spacial score (nSPS) is 21.2. The zero-order valence-electron chi connectivity index (χ0n) is 11.2. The Labute approximate surface area is 114 Å². The third kappa shape index (κ3) is 2.79. The van der Waals surface area contributed by atoms with E-state index in [9.17, 15) is 0 Å². The molecule has 0 aliphatic heterocycles. The van der Waals surface area contributed by atoms with Crippen LogP contribution < -0.4 is 10.5 Å². The van der Waals surface area contributed by atoms with Gasteiger partial charge in [-0.1, -0.05) is 48.0 Å². The van der Waals surface area contributed by atoms with Crippen LogP contribution in [0.3, 0.4) is 0 Å². The largest absolute Gasteiger partial charge is 0.489 e. The Balaban J connectivity index is 1.77. The smallest absolute Gasteiger partial charge is 0.123 e. The monoisotopic (exact) mass is 253 g/mol. The second kappa shape index (κ2) is 5.06. The molecule has 2 N–H and O–H groups in total. The van der Waals surface area contributed by atoms with Crippen LogP contribution in [0.1, 0.15) is 29.0 Å². The van der Waals surface area contributed by atoms with Crippen LogP contribution in [0.5, 0.6) is 5.75 Å². The standard InChI is InChI=1S/C17H19NO/c1-12-7-8-17(15(9-12)14-10-16(14)18)19-11-13-5-3-2-4-6-13/h2-9,14,16H,10-11,18H2,1H3/t14-,16+/m0/s1. The van der Waals surface area contributed by atoms with Gasteiger partial charge in [-0.05, 0) is 30.5 Å². The van der Waals surface area contributed by atoms with Crippen LogP contribution in [0, 0.1) is 6.92 Å². The first kappa shape index (κ1) is 12.2. The van der Waals surface area contributed by atoms with Crippen molar-refractivity contribution >= 4 is 0 Å². The van der Waals surface area contributed by atoms with E-state index in [1.54, 1.807) is 0 Å². The molecule has 2 heteroatoms. The molecule has 1 fully saturated rings. The third-order valence-electron chi connectivity index (χ3n) is 3.64. The minimum atomic E-state index is 0.306.